The quantitative estimate of drug-likeness (QED) is 0.828. The van der Waals surface area contributed by atoms with Crippen LogP contribution in [0.2, 0.25) is 5.02 Å². The Hall–Kier alpha value is -1.11. The molecule has 0 aliphatic carbocycles. The Labute approximate surface area is 107 Å². The van der Waals surface area contributed by atoms with Gasteiger partial charge >= 0.3 is 5.97 Å². The second-order valence-corrected chi connectivity index (χ2v) is 4.57. The first-order valence-corrected chi connectivity index (χ1v) is 6.07. The predicted molar refractivity (Wildman–Crippen MR) is 64.7 cm³/mol. The Kier molecular flexibility index (Phi) is 5.40. The highest BCUT2D eigenvalue weighted by atomic mass is 35.5. The van der Waals surface area contributed by atoms with Crippen LogP contribution in [0.25, 0.3) is 0 Å². The zero-order chi connectivity index (χ0) is 12.8. The molecule has 0 aliphatic heterocycles. The van der Waals surface area contributed by atoms with Crippen LogP contribution in [0.1, 0.15) is 16.1 Å². The Morgan fingerprint density at radius 1 is 1.65 bits per heavy atom. The smallest absolute Gasteiger partial charge is 0.326 e. The molecule has 0 aliphatic rings. The summed E-state index contributed by atoms with van der Waals surface area (Å²) in [4.78, 5) is 22.9. The first-order chi connectivity index (χ1) is 8.06. The third-order valence-electron chi connectivity index (χ3n) is 2.04. The third kappa shape index (κ3) is 3.99. The highest BCUT2D eigenvalue weighted by Crippen LogP contribution is 2.21. The van der Waals surface area contributed by atoms with Gasteiger partial charge < -0.3 is 15.2 Å². The van der Waals surface area contributed by atoms with Crippen molar-refractivity contribution in [3.63, 3.8) is 0 Å². The largest absolute Gasteiger partial charge is 0.480 e. The minimum Gasteiger partial charge on any atom is -0.480 e. The van der Waals surface area contributed by atoms with Gasteiger partial charge in [-0.15, -0.1) is 11.3 Å². The minimum atomic E-state index is -1.09. The fourth-order valence-corrected chi connectivity index (χ4v) is 2.22. The maximum atomic E-state index is 11.7. The number of halogens is 1. The van der Waals surface area contributed by atoms with E-state index in [2.05, 4.69) is 5.32 Å². The fourth-order valence-electron chi connectivity index (χ4n) is 1.17. The van der Waals surface area contributed by atoms with Gasteiger partial charge in [0.25, 0.3) is 5.91 Å². The van der Waals surface area contributed by atoms with Gasteiger partial charge in [-0.2, -0.15) is 0 Å². The van der Waals surface area contributed by atoms with Gasteiger partial charge in [-0.3, -0.25) is 4.79 Å². The molecule has 2 N–H and O–H groups in total. The van der Waals surface area contributed by atoms with Crippen LogP contribution in [0.3, 0.4) is 0 Å². The van der Waals surface area contributed by atoms with Crippen LogP contribution >= 0.6 is 22.9 Å². The number of amides is 1. The average molecular weight is 278 g/mol. The second-order valence-electron chi connectivity index (χ2n) is 3.24. The number of carbonyl (C=O) groups is 2. The van der Waals surface area contributed by atoms with Gasteiger partial charge in [-0.05, 0) is 11.4 Å². The van der Waals surface area contributed by atoms with Crippen molar-refractivity contribution in [3.8, 4) is 0 Å². The number of carboxylic acid groups (broad SMARTS) is 1. The molecule has 1 unspecified atom stereocenters. The normalized spacial score (nSPS) is 12.1. The number of hydrogen-bond acceptors (Lipinski definition) is 4. The number of hydrogen-bond donors (Lipinski definition) is 2. The highest BCUT2D eigenvalue weighted by molar-refractivity contribution is 7.12. The molecule has 17 heavy (non-hydrogen) atoms. The van der Waals surface area contributed by atoms with Gasteiger partial charge in [0.1, 0.15) is 10.9 Å². The Morgan fingerprint density at radius 3 is 2.82 bits per heavy atom. The first kappa shape index (κ1) is 14.0. The molecule has 0 fully saturated rings. The van der Waals surface area contributed by atoms with E-state index < -0.39 is 17.9 Å². The number of ether oxygens (including phenoxy) is 1. The van der Waals surface area contributed by atoms with Gasteiger partial charge in [0.15, 0.2) is 0 Å². The molecule has 0 aromatic carbocycles. The lowest BCUT2D eigenvalue weighted by Crippen LogP contribution is -2.41. The summed E-state index contributed by atoms with van der Waals surface area (Å²) >= 11 is 6.95. The van der Waals surface area contributed by atoms with E-state index >= 15 is 0 Å². The molecule has 1 aromatic heterocycles. The monoisotopic (exact) mass is 277 g/mol. The van der Waals surface area contributed by atoms with E-state index in [1.807, 2.05) is 0 Å². The van der Waals surface area contributed by atoms with Crippen LogP contribution in [0.5, 0.6) is 0 Å². The van der Waals surface area contributed by atoms with Crippen LogP contribution in [-0.4, -0.2) is 36.7 Å². The molecule has 7 heteroatoms. The third-order valence-corrected chi connectivity index (χ3v) is 3.38. The molecule has 0 saturated heterocycles. The predicted octanol–water partition coefficient (Wildman–Crippen LogP) is 1.62. The summed E-state index contributed by atoms with van der Waals surface area (Å²) in [6.07, 6.45) is 0.209. The molecule has 1 atom stereocenters. The molecule has 1 heterocycles. The summed E-state index contributed by atoms with van der Waals surface area (Å²) in [5, 5.41) is 13.3. The molecule has 0 radical (unpaired) electrons. The Bertz CT molecular complexity index is 407. The molecule has 94 valence electrons. The molecule has 0 saturated carbocycles. The number of methoxy groups -OCH3 is 1. The standard InChI is InChI=1S/C10H12ClNO4S/c1-16-4-2-7(10(14)15)12-9(13)8-6(11)3-5-17-8/h3,5,7H,2,4H2,1H3,(H,12,13)(H,14,15). The van der Waals surface area contributed by atoms with Gasteiger partial charge in [-0.25, -0.2) is 4.79 Å². The number of nitrogens with one attached hydrogen (secondary N) is 1. The topological polar surface area (TPSA) is 75.6 Å². The summed E-state index contributed by atoms with van der Waals surface area (Å²) in [6, 6.07) is 0.618. The fraction of sp³-hybridized carbons (Fsp3) is 0.400. The molecule has 1 aromatic rings. The van der Waals surface area contributed by atoms with E-state index in [1.54, 1.807) is 11.4 Å². The van der Waals surface area contributed by atoms with Gasteiger partial charge in [-0.1, -0.05) is 11.6 Å². The zero-order valence-electron chi connectivity index (χ0n) is 9.10. The molecule has 5 nitrogen and oxygen atoms in total. The van der Waals surface area contributed by atoms with Gasteiger partial charge in [0.05, 0.1) is 5.02 Å². The van der Waals surface area contributed by atoms with E-state index in [4.69, 9.17) is 21.4 Å². The molecule has 0 bridgehead atoms. The minimum absolute atomic E-state index is 0.209. The lowest BCUT2D eigenvalue weighted by atomic mass is 10.2. The molecular weight excluding hydrogens is 266 g/mol. The summed E-state index contributed by atoms with van der Waals surface area (Å²) in [6.45, 7) is 0.259. The van der Waals surface area contributed by atoms with Gasteiger partial charge in [0.2, 0.25) is 0 Å². The Balaban J connectivity index is 2.64. The average Bonchev–Trinajstić information content (AvgIpc) is 2.70. The molecule has 1 rings (SSSR count). The van der Waals surface area contributed by atoms with Crippen LogP contribution in [0, 0.1) is 0 Å². The molecule has 0 spiro atoms. The summed E-state index contributed by atoms with van der Waals surface area (Å²) in [5.41, 5.74) is 0. The van der Waals surface area contributed by atoms with Crippen molar-refractivity contribution in [3.05, 3.63) is 21.3 Å². The van der Waals surface area contributed by atoms with E-state index in [1.165, 1.54) is 18.4 Å². The summed E-state index contributed by atoms with van der Waals surface area (Å²) in [7, 11) is 1.47. The van der Waals surface area contributed by atoms with E-state index in [9.17, 15) is 9.59 Å². The lowest BCUT2D eigenvalue weighted by Gasteiger charge is -2.13. The van der Waals surface area contributed by atoms with E-state index in [0.717, 1.165) is 0 Å². The number of thiophene rings is 1. The number of carbonyl (C=O) groups excluding carboxylic acids is 1. The van der Waals surface area contributed by atoms with Crippen LogP contribution in [0.4, 0.5) is 0 Å². The maximum absolute atomic E-state index is 11.7. The van der Waals surface area contributed by atoms with Crippen molar-refractivity contribution in [1.29, 1.82) is 0 Å². The van der Waals surface area contributed by atoms with Crippen LogP contribution < -0.4 is 5.32 Å². The number of aliphatic carboxylic acids is 1. The summed E-state index contributed by atoms with van der Waals surface area (Å²) < 4.78 is 4.78. The van der Waals surface area contributed by atoms with Crippen molar-refractivity contribution in [2.75, 3.05) is 13.7 Å². The summed E-state index contributed by atoms with van der Waals surface area (Å²) in [5.74, 6) is -1.57. The van der Waals surface area contributed by atoms with Crippen molar-refractivity contribution in [2.45, 2.75) is 12.5 Å². The van der Waals surface area contributed by atoms with E-state index in [0.29, 0.717) is 9.90 Å². The van der Waals surface area contributed by atoms with Crippen molar-refractivity contribution >= 4 is 34.8 Å². The van der Waals surface area contributed by atoms with Crippen LogP contribution in [-0.2, 0) is 9.53 Å². The van der Waals surface area contributed by atoms with Crippen molar-refractivity contribution in [1.82, 2.24) is 5.32 Å². The lowest BCUT2D eigenvalue weighted by molar-refractivity contribution is -0.139. The Morgan fingerprint density at radius 2 is 2.35 bits per heavy atom. The first-order valence-electron chi connectivity index (χ1n) is 4.82. The zero-order valence-corrected chi connectivity index (χ0v) is 10.7. The second kappa shape index (κ2) is 6.58. The number of carboxylic acids is 1. The van der Waals surface area contributed by atoms with E-state index in [-0.39, 0.29) is 13.0 Å². The molecular formula is C10H12ClNO4S. The SMILES string of the molecule is COCCC(NC(=O)c1sccc1Cl)C(=O)O. The molecule has 1 amide bonds. The van der Waals surface area contributed by atoms with Crippen LogP contribution in [0.15, 0.2) is 11.4 Å². The van der Waals surface area contributed by atoms with Crippen molar-refractivity contribution in [2.24, 2.45) is 0 Å². The van der Waals surface area contributed by atoms with Gasteiger partial charge in [0, 0.05) is 20.1 Å². The number of rotatable bonds is 6. The van der Waals surface area contributed by atoms with Crippen molar-refractivity contribution < 1.29 is 19.4 Å². The maximum Gasteiger partial charge on any atom is 0.326 e. The highest BCUT2D eigenvalue weighted by Gasteiger charge is 2.22.